The molecule has 170 valence electrons. The Hall–Kier alpha value is -4.59. The first-order chi connectivity index (χ1) is 16.5. The Morgan fingerprint density at radius 2 is 2.03 bits per heavy atom. The van der Waals surface area contributed by atoms with Crippen molar-refractivity contribution >= 4 is 22.9 Å². The molecule has 0 saturated carbocycles. The van der Waals surface area contributed by atoms with Crippen LogP contribution in [0.15, 0.2) is 55.1 Å². The van der Waals surface area contributed by atoms with Crippen molar-refractivity contribution in [1.82, 2.24) is 24.8 Å². The number of aromatic nitrogens is 5. The van der Waals surface area contributed by atoms with Gasteiger partial charge in [-0.2, -0.15) is 10.4 Å². The summed E-state index contributed by atoms with van der Waals surface area (Å²) in [5.41, 5.74) is 8.89. The van der Waals surface area contributed by atoms with Gasteiger partial charge in [-0.05, 0) is 42.3 Å². The predicted octanol–water partition coefficient (Wildman–Crippen LogP) is 2.19. The maximum atomic E-state index is 15.3. The number of fused-ring (bicyclic) bond motifs is 1. The van der Waals surface area contributed by atoms with E-state index in [2.05, 4.69) is 25.6 Å². The van der Waals surface area contributed by atoms with Crippen molar-refractivity contribution in [3.63, 3.8) is 0 Å². The van der Waals surface area contributed by atoms with Gasteiger partial charge in [0.05, 0.1) is 35.6 Å². The van der Waals surface area contributed by atoms with Crippen LogP contribution >= 0.6 is 0 Å². The third-order valence-electron chi connectivity index (χ3n) is 5.88. The number of anilines is 2. The summed E-state index contributed by atoms with van der Waals surface area (Å²) in [6.07, 6.45) is 5.81. The maximum absolute atomic E-state index is 15.3. The molecule has 11 heteroatoms. The number of nitrogens with zero attached hydrogens (tertiary/aromatic N) is 7. The second-order valence-corrected chi connectivity index (χ2v) is 7.98. The largest absolute Gasteiger partial charge is 0.377 e. The van der Waals surface area contributed by atoms with Crippen LogP contribution in [-0.4, -0.2) is 56.0 Å². The molecule has 1 saturated heterocycles. The molecule has 4 aromatic heterocycles. The lowest BCUT2D eigenvalue weighted by Gasteiger charge is -2.36. The average molecular weight is 457 g/mol. The number of piperidine rings is 1. The van der Waals surface area contributed by atoms with Gasteiger partial charge in [-0.25, -0.2) is 8.91 Å². The number of primary amides is 1. The molecule has 1 amide bonds. The fourth-order valence-electron chi connectivity index (χ4n) is 4.11. The highest BCUT2D eigenvalue weighted by atomic mass is 19.1. The summed E-state index contributed by atoms with van der Waals surface area (Å²) in [6.45, 7) is 0.615. The molecule has 0 bridgehead atoms. The Balaban J connectivity index is 1.42. The zero-order chi connectivity index (χ0) is 23.7. The number of amides is 1. The van der Waals surface area contributed by atoms with Crippen LogP contribution in [0.4, 0.5) is 15.9 Å². The van der Waals surface area contributed by atoms with E-state index < -0.39 is 18.1 Å². The summed E-state index contributed by atoms with van der Waals surface area (Å²) in [7, 11) is 0. The highest BCUT2D eigenvalue weighted by Gasteiger charge is 2.31. The lowest BCUT2D eigenvalue weighted by atomic mass is 10.0. The second kappa shape index (κ2) is 8.74. The smallest absolute Gasteiger partial charge is 0.252 e. The van der Waals surface area contributed by atoms with E-state index in [-0.39, 0.29) is 17.8 Å². The molecule has 5 rings (SSSR count). The normalized spacial score (nSPS) is 17.9. The van der Waals surface area contributed by atoms with Gasteiger partial charge in [0, 0.05) is 30.7 Å². The van der Waals surface area contributed by atoms with Crippen molar-refractivity contribution < 1.29 is 9.18 Å². The van der Waals surface area contributed by atoms with Gasteiger partial charge in [-0.1, -0.05) is 0 Å². The summed E-state index contributed by atoms with van der Waals surface area (Å²) < 4.78 is 16.9. The molecular weight excluding hydrogens is 437 g/mol. The Bertz CT molecular complexity index is 1380. The summed E-state index contributed by atoms with van der Waals surface area (Å²) in [5.74, 6) is -0.136. The molecule has 3 N–H and O–H groups in total. The Morgan fingerprint density at radius 1 is 1.21 bits per heavy atom. The Labute approximate surface area is 193 Å². The first-order valence-corrected chi connectivity index (χ1v) is 10.6. The number of carbonyl (C=O) groups excluding carboxylic acids is 1. The molecule has 0 unspecified atom stereocenters. The van der Waals surface area contributed by atoms with Crippen LogP contribution in [0.3, 0.4) is 0 Å². The number of nitrogens with two attached hydrogens (primary N) is 1. The molecule has 0 aliphatic carbocycles. The minimum Gasteiger partial charge on any atom is -0.377 e. The van der Waals surface area contributed by atoms with Crippen molar-refractivity contribution in [2.45, 2.75) is 18.6 Å². The van der Waals surface area contributed by atoms with E-state index in [1.54, 1.807) is 33.9 Å². The summed E-state index contributed by atoms with van der Waals surface area (Å²) >= 11 is 0. The molecule has 0 radical (unpaired) electrons. The number of halogens is 1. The molecule has 1 aliphatic heterocycles. The van der Waals surface area contributed by atoms with Gasteiger partial charge >= 0.3 is 0 Å². The first-order valence-electron chi connectivity index (χ1n) is 10.6. The fourth-order valence-corrected chi connectivity index (χ4v) is 4.11. The molecule has 2 atom stereocenters. The van der Waals surface area contributed by atoms with Gasteiger partial charge in [0.2, 0.25) is 0 Å². The second-order valence-electron chi connectivity index (χ2n) is 7.98. The number of carbonyl (C=O) groups is 1. The van der Waals surface area contributed by atoms with Crippen LogP contribution < -0.4 is 16.0 Å². The van der Waals surface area contributed by atoms with E-state index >= 15 is 4.39 Å². The Morgan fingerprint density at radius 3 is 2.71 bits per heavy atom. The van der Waals surface area contributed by atoms with Crippen LogP contribution in [0, 0.1) is 11.3 Å². The summed E-state index contributed by atoms with van der Waals surface area (Å²) in [4.78, 5) is 18.0. The minimum absolute atomic E-state index is 0.0921. The predicted molar refractivity (Wildman–Crippen MR) is 123 cm³/mol. The summed E-state index contributed by atoms with van der Waals surface area (Å²) in [5, 5.41) is 24.3. The van der Waals surface area contributed by atoms with Gasteiger partial charge in [0.1, 0.15) is 12.2 Å². The van der Waals surface area contributed by atoms with Crippen LogP contribution in [0.5, 0.6) is 0 Å². The zero-order valence-corrected chi connectivity index (χ0v) is 18.0. The third kappa shape index (κ3) is 3.97. The SMILES string of the molecule is N#Cc1ccc(N2CC[C@@H](Nc3c(C(N)=O)cnn4cc(-c5ccncc5)cc34)[C@H](F)C2)nn1. The maximum Gasteiger partial charge on any atom is 0.252 e. The highest BCUT2D eigenvalue weighted by molar-refractivity contribution is 6.02. The minimum atomic E-state index is -1.25. The number of pyridine rings is 1. The van der Waals surface area contributed by atoms with Crippen LogP contribution in [0.2, 0.25) is 0 Å². The highest BCUT2D eigenvalue weighted by Crippen LogP contribution is 2.30. The van der Waals surface area contributed by atoms with Crippen LogP contribution in [0.25, 0.3) is 16.6 Å². The van der Waals surface area contributed by atoms with E-state index in [1.165, 1.54) is 6.20 Å². The lowest BCUT2D eigenvalue weighted by molar-refractivity contribution is 0.100. The van der Waals surface area contributed by atoms with Crippen molar-refractivity contribution in [3.05, 3.63) is 66.4 Å². The number of nitrogens with one attached hydrogen (secondary N) is 1. The van der Waals surface area contributed by atoms with E-state index in [0.717, 1.165) is 11.1 Å². The van der Waals surface area contributed by atoms with E-state index in [4.69, 9.17) is 11.0 Å². The average Bonchev–Trinajstić information content (AvgIpc) is 3.31. The van der Waals surface area contributed by atoms with Gasteiger partial charge in [0.25, 0.3) is 5.91 Å². The number of hydrogen-bond acceptors (Lipinski definition) is 8. The van der Waals surface area contributed by atoms with E-state index in [0.29, 0.717) is 30.0 Å². The van der Waals surface area contributed by atoms with Crippen molar-refractivity contribution in [2.75, 3.05) is 23.3 Å². The number of nitriles is 1. The van der Waals surface area contributed by atoms with Crippen LogP contribution in [0.1, 0.15) is 22.5 Å². The molecule has 34 heavy (non-hydrogen) atoms. The first kappa shape index (κ1) is 21.3. The molecule has 10 nitrogen and oxygen atoms in total. The Kier molecular flexibility index (Phi) is 5.47. The third-order valence-corrected chi connectivity index (χ3v) is 5.88. The number of hydrogen-bond donors (Lipinski definition) is 2. The molecule has 1 fully saturated rings. The fraction of sp³-hybridized carbons (Fsp3) is 0.217. The number of alkyl halides is 1. The molecule has 4 aromatic rings. The standard InChI is InChI=1S/C23H20FN9O/c24-18-13-32(21-2-1-16(10-25)30-31-21)8-5-19(18)29-22-17(23(26)34)11-28-33-12-15(9-20(22)33)14-3-6-27-7-4-14/h1-4,6-7,9,11-12,18-19,29H,5,8,13H2,(H2,26,34)/t18-,19-/m1/s1. The summed E-state index contributed by atoms with van der Waals surface area (Å²) in [6, 6.07) is 10.2. The zero-order valence-electron chi connectivity index (χ0n) is 18.0. The number of rotatable bonds is 5. The van der Waals surface area contributed by atoms with Crippen LogP contribution in [-0.2, 0) is 0 Å². The van der Waals surface area contributed by atoms with Gasteiger partial charge in [0.15, 0.2) is 11.5 Å². The van der Waals surface area contributed by atoms with Gasteiger partial charge in [-0.3, -0.25) is 9.78 Å². The molecule has 1 aliphatic rings. The van der Waals surface area contributed by atoms with Gasteiger partial charge < -0.3 is 16.0 Å². The molecule has 0 spiro atoms. The van der Waals surface area contributed by atoms with Crippen molar-refractivity contribution in [3.8, 4) is 17.2 Å². The quantitative estimate of drug-likeness (QED) is 0.465. The monoisotopic (exact) mass is 457 g/mol. The molecule has 0 aromatic carbocycles. The van der Waals surface area contributed by atoms with E-state index in [1.807, 2.05) is 30.5 Å². The molecular formula is C23H20FN9O. The topological polar surface area (TPSA) is 138 Å². The van der Waals surface area contributed by atoms with Crippen molar-refractivity contribution in [1.29, 1.82) is 5.26 Å². The van der Waals surface area contributed by atoms with E-state index in [9.17, 15) is 4.79 Å². The van der Waals surface area contributed by atoms with Gasteiger partial charge in [-0.15, -0.1) is 10.2 Å². The van der Waals surface area contributed by atoms with Crippen molar-refractivity contribution in [2.24, 2.45) is 5.73 Å². The molecule has 5 heterocycles. The lowest BCUT2D eigenvalue weighted by Crippen LogP contribution is -2.48.